The second kappa shape index (κ2) is 7.23. The van der Waals surface area contributed by atoms with Gasteiger partial charge in [0.2, 0.25) is 0 Å². The summed E-state index contributed by atoms with van der Waals surface area (Å²) in [5, 5.41) is 0. The van der Waals surface area contributed by atoms with Gasteiger partial charge in [0.15, 0.2) is 0 Å². The van der Waals surface area contributed by atoms with Crippen LogP contribution >= 0.6 is 11.8 Å². The fourth-order valence-electron chi connectivity index (χ4n) is 3.07. The van der Waals surface area contributed by atoms with Crippen LogP contribution in [0.3, 0.4) is 0 Å². The van der Waals surface area contributed by atoms with Gasteiger partial charge in [-0.3, -0.25) is 9.97 Å². The molecule has 0 amide bonds. The molecule has 3 aromatic heterocycles. The summed E-state index contributed by atoms with van der Waals surface area (Å²) in [5.41, 5.74) is 2.73. The highest BCUT2D eigenvalue weighted by molar-refractivity contribution is 7.99. The number of rotatable bonds is 6. The molecule has 29 heavy (non-hydrogen) atoms. The van der Waals surface area contributed by atoms with Gasteiger partial charge in [-0.2, -0.15) is 22.0 Å². The van der Waals surface area contributed by atoms with Crippen LogP contribution in [0.1, 0.15) is 31.2 Å². The highest BCUT2D eigenvalue weighted by Crippen LogP contribution is 2.42. The Bertz CT molecular complexity index is 1040. The Morgan fingerprint density at radius 2 is 1.83 bits per heavy atom. The van der Waals surface area contributed by atoms with Crippen molar-refractivity contribution in [2.24, 2.45) is 0 Å². The smallest absolute Gasteiger partial charge is 0.323 e. The fourth-order valence-corrected chi connectivity index (χ4v) is 3.90. The van der Waals surface area contributed by atoms with Gasteiger partial charge < -0.3 is 4.57 Å². The Hall–Kier alpha value is -2.23. The van der Waals surface area contributed by atoms with Crippen molar-refractivity contribution in [1.29, 1.82) is 0 Å². The number of hydrogen-bond donors (Lipinski definition) is 0. The molecule has 0 aliphatic heterocycles. The van der Waals surface area contributed by atoms with Gasteiger partial charge in [-0.05, 0) is 42.2 Å². The van der Waals surface area contributed by atoms with Gasteiger partial charge in [0, 0.05) is 11.1 Å². The molecule has 1 aliphatic rings. The van der Waals surface area contributed by atoms with Crippen molar-refractivity contribution >= 4 is 22.8 Å². The Labute approximate surface area is 167 Å². The summed E-state index contributed by atoms with van der Waals surface area (Å²) in [4.78, 5) is 13.8. The fraction of sp³-hybridized carbons (Fsp3) is 0.421. The quantitative estimate of drug-likeness (QED) is 0.374. The Balaban J connectivity index is 1.69. The molecule has 0 spiro atoms. The molecular formula is C19H17F5N4S. The predicted molar refractivity (Wildman–Crippen MR) is 100 cm³/mol. The predicted octanol–water partition coefficient (Wildman–Crippen LogP) is 5.68. The standard InChI is InChI=1S/C19H17F5N4S/c1-2-29-16-5-12(11-3-4-11)7-26-17(16)14-6-13-15(8-25-14)28(10-27-13)9-18(20,21)19(22,23)24/h5-8,10-11H,2-4,9H2,1H3. The highest BCUT2D eigenvalue weighted by Gasteiger charge is 2.57. The molecule has 10 heteroatoms. The average Bonchev–Trinajstić information content (AvgIpc) is 3.43. The molecule has 0 aromatic carbocycles. The molecule has 0 N–H and O–H groups in total. The van der Waals surface area contributed by atoms with Gasteiger partial charge in [-0.15, -0.1) is 11.8 Å². The first-order valence-electron chi connectivity index (χ1n) is 9.08. The van der Waals surface area contributed by atoms with Crippen LogP contribution in [-0.4, -0.2) is 37.4 Å². The van der Waals surface area contributed by atoms with E-state index in [0.717, 1.165) is 34.4 Å². The zero-order chi connectivity index (χ0) is 20.8. The normalized spacial score (nSPS) is 15.2. The molecule has 0 radical (unpaired) electrons. The van der Waals surface area contributed by atoms with Crippen molar-refractivity contribution in [1.82, 2.24) is 19.5 Å². The first-order chi connectivity index (χ1) is 13.7. The molecule has 1 saturated carbocycles. The van der Waals surface area contributed by atoms with E-state index in [1.54, 1.807) is 17.8 Å². The van der Waals surface area contributed by atoms with Crippen molar-refractivity contribution < 1.29 is 22.0 Å². The number of thioether (sulfide) groups is 1. The van der Waals surface area contributed by atoms with E-state index in [1.807, 2.05) is 13.1 Å². The Kier molecular flexibility index (Phi) is 5.00. The SMILES string of the molecule is CCSc1cc(C2CC2)cnc1-c1cc2ncn(CC(F)(F)C(F)(F)F)c2cn1. The maximum absolute atomic E-state index is 13.4. The number of nitrogens with zero attached hydrogens (tertiary/aromatic N) is 4. The molecule has 0 atom stereocenters. The summed E-state index contributed by atoms with van der Waals surface area (Å²) < 4.78 is 65.1. The van der Waals surface area contributed by atoms with Crippen molar-refractivity contribution in [3.63, 3.8) is 0 Å². The number of aromatic nitrogens is 4. The van der Waals surface area contributed by atoms with E-state index in [0.29, 0.717) is 17.3 Å². The number of alkyl halides is 5. The molecular weight excluding hydrogens is 411 g/mol. The minimum atomic E-state index is -5.63. The van der Waals surface area contributed by atoms with Gasteiger partial charge in [0.1, 0.15) is 5.69 Å². The number of pyridine rings is 2. The van der Waals surface area contributed by atoms with Crippen molar-refractivity contribution in [2.75, 3.05) is 5.75 Å². The molecule has 3 heterocycles. The molecule has 1 fully saturated rings. The topological polar surface area (TPSA) is 43.6 Å². The van der Waals surface area contributed by atoms with Crippen LogP contribution in [0.15, 0.2) is 35.7 Å². The highest BCUT2D eigenvalue weighted by atomic mass is 32.2. The third-order valence-electron chi connectivity index (χ3n) is 4.76. The minimum absolute atomic E-state index is 0.108. The summed E-state index contributed by atoms with van der Waals surface area (Å²) in [6, 6.07) is 3.67. The number of imidazole rings is 1. The van der Waals surface area contributed by atoms with Crippen LogP contribution in [0.2, 0.25) is 0 Å². The number of fused-ring (bicyclic) bond motifs is 1. The van der Waals surface area contributed by atoms with Gasteiger partial charge in [-0.25, -0.2) is 4.98 Å². The van der Waals surface area contributed by atoms with Crippen LogP contribution in [0, 0.1) is 0 Å². The Morgan fingerprint density at radius 3 is 2.48 bits per heavy atom. The van der Waals surface area contributed by atoms with Crippen LogP contribution < -0.4 is 0 Å². The summed E-state index contributed by atoms with van der Waals surface area (Å²) in [6.07, 6.45) is 0.739. The first kappa shape index (κ1) is 20.1. The van der Waals surface area contributed by atoms with Crippen molar-refractivity contribution in [2.45, 2.75) is 49.2 Å². The third kappa shape index (κ3) is 3.94. The largest absolute Gasteiger partial charge is 0.455 e. The monoisotopic (exact) mass is 428 g/mol. The van der Waals surface area contributed by atoms with Crippen molar-refractivity contribution in [3.05, 3.63) is 36.4 Å². The Morgan fingerprint density at radius 1 is 1.07 bits per heavy atom. The second-order valence-corrected chi connectivity index (χ2v) is 8.26. The van der Waals surface area contributed by atoms with E-state index in [2.05, 4.69) is 21.0 Å². The summed E-state index contributed by atoms with van der Waals surface area (Å²) in [5.74, 6) is -3.47. The lowest BCUT2D eigenvalue weighted by Crippen LogP contribution is -2.40. The lowest BCUT2D eigenvalue weighted by atomic mass is 10.1. The number of hydrogen-bond acceptors (Lipinski definition) is 4. The van der Waals surface area contributed by atoms with Crippen LogP contribution in [0.4, 0.5) is 22.0 Å². The lowest BCUT2D eigenvalue weighted by molar-refractivity contribution is -0.286. The van der Waals surface area contributed by atoms with Crippen molar-refractivity contribution in [3.8, 4) is 11.4 Å². The lowest BCUT2D eigenvalue weighted by Gasteiger charge is -2.20. The van der Waals surface area contributed by atoms with E-state index in [4.69, 9.17) is 0 Å². The summed E-state index contributed by atoms with van der Waals surface area (Å²) >= 11 is 1.63. The molecule has 4 nitrogen and oxygen atoms in total. The first-order valence-corrected chi connectivity index (χ1v) is 10.1. The maximum atomic E-state index is 13.4. The van der Waals surface area contributed by atoms with E-state index in [1.165, 1.54) is 11.8 Å². The molecule has 0 bridgehead atoms. The van der Waals surface area contributed by atoms with Gasteiger partial charge in [0.05, 0.1) is 35.8 Å². The van der Waals surface area contributed by atoms with E-state index < -0.39 is 18.6 Å². The zero-order valence-electron chi connectivity index (χ0n) is 15.4. The average molecular weight is 428 g/mol. The van der Waals surface area contributed by atoms with Crippen LogP contribution in [-0.2, 0) is 6.54 Å². The van der Waals surface area contributed by atoms with E-state index in [9.17, 15) is 22.0 Å². The van der Waals surface area contributed by atoms with Gasteiger partial charge in [0.25, 0.3) is 0 Å². The van der Waals surface area contributed by atoms with Gasteiger partial charge in [-0.1, -0.05) is 6.92 Å². The van der Waals surface area contributed by atoms with Gasteiger partial charge >= 0.3 is 12.1 Å². The van der Waals surface area contributed by atoms with Crippen LogP contribution in [0.25, 0.3) is 22.4 Å². The second-order valence-electron chi connectivity index (χ2n) is 6.96. The zero-order valence-corrected chi connectivity index (χ0v) is 16.2. The van der Waals surface area contributed by atoms with E-state index in [-0.39, 0.29) is 11.0 Å². The molecule has 4 rings (SSSR count). The summed E-state index contributed by atoms with van der Waals surface area (Å²) in [6.45, 7) is 0.483. The maximum Gasteiger partial charge on any atom is 0.455 e. The van der Waals surface area contributed by atoms with E-state index >= 15 is 0 Å². The molecule has 0 saturated heterocycles. The third-order valence-corrected chi connectivity index (χ3v) is 5.67. The van der Waals surface area contributed by atoms with Crippen LogP contribution in [0.5, 0.6) is 0 Å². The molecule has 1 aliphatic carbocycles. The minimum Gasteiger partial charge on any atom is -0.323 e. The molecule has 3 aromatic rings. The molecule has 154 valence electrons. The summed E-state index contributed by atoms with van der Waals surface area (Å²) in [7, 11) is 0. The number of halogens is 5. The molecule has 0 unspecified atom stereocenters.